The van der Waals surface area contributed by atoms with Crippen molar-refractivity contribution in [1.82, 2.24) is 10.3 Å². The molecule has 0 spiro atoms. The van der Waals surface area contributed by atoms with E-state index in [-0.39, 0.29) is 23.6 Å². The molecule has 0 aromatic heterocycles. The molecular weight excluding hydrogens is 304 g/mol. The quantitative estimate of drug-likeness (QED) is 0.283. The highest BCUT2D eigenvalue weighted by atomic mass is 16.6. The molecule has 1 aliphatic heterocycles. The molecule has 2 rings (SSSR count). The number of nitro groups is 1. The minimum Gasteiger partial charge on any atom is -0.463 e. The molecule has 0 fully saturated rings. The Balaban J connectivity index is 2.46. The maximum atomic E-state index is 12.2. The molecule has 0 bridgehead atoms. The highest BCUT2D eigenvalue weighted by molar-refractivity contribution is 5.94. The first-order valence-corrected chi connectivity index (χ1v) is 6.84. The van der Waals surface area contributed by atoms with Crippen LogP contribution in [-0.2, 0) is 9.53 Å². The number of ether oxygens (including phenoxy) is 1. The number of hydrogen-bond donors (Lipinski definition) is 2. The van der Waals surface area contributed by atoms with Crippen LogP contribution < -0.4 is 11.2 Å². The zero-order chi connectivity index (χ0) is 17.1. The summed E-state index contributed by atoms with van der Waals surface area (Å²) in [4.78, 5) is 34.3. The van der Waals surface area contributed by atoms with Gasteiger partial charge in [0.25, 0.3) is 5.69 Å². The second-order valence-electron chi connectivity index (χ2n) is 4.82. The van der Waals surface area contributed by atoms with Gasteiger partial charge >= 0.3 is 12.0 Å². The zero-order valence-corrected chi connectivity index (χ0v) is 12.6. The van der Waals surface area contributed by atoms with Crippen LogP contribution in [0.3, 0.4) is 0 Å². The maximum Gasteiger partial charge on any atom is 0.338 e. The molecule has 9 heteroatoms. The summed E-state index contributed by atoms with van der Waals surface area (Å²) in [7, 11) is 0. The zero-order valence-electron chi connectivity index (χ0n) is 12.6. The number of carbonyl (C=O) groups excluding carboxylic acids is 2. The van der Waals surface area contributed by atoms with Crippen LogP contribution in [0.1, 0.15) is 25.5 Å². The fourth-order valence-corrected chi connectivity index (χ4v) is 2.27. The van der Waals surface area contributed by atoms with Crippen molar-refractivity contribution >= 4 is 17.7 Å². The fraction of sp³-hybridized carbons (Fsp3) is 0.286. The molecule has 1 aromatic rings. The number of benzene rings is 1. The third kappa shape index (κ3) is 3.14. The first-order valence-electron chi connectivity index (χ1n) is 6.84. The van der Waals surface area contributed by atoms with Gasteiger partial charge in [-0.05, 0) is 31.5 Å². The van der Waals surface area contributed by atoms with E-state index in [4.69, 9.17) is 10.6 Å². The summed E-state index contributed by atoms with van der Waals surface area (Å²) in [6.45, 7) is 3.36. The van der Waals surface area contributed by atoms with Crippen LogP contribution in [0, 0.1) is 10.1 Å². The Morgan fingerprint density at radius 1 is 1.43 bits per heavy atom. The monoisotopic (exact) mass is 320 g/mol. The van der Waals surface area contributed by atoms with Gasteiger partial charge in [-0.1, -0.05) is 0 Å². The topological polar surface area (TPSA) is 128 Å². The first kappa shape index (κ1) is 16.4. The summed E-state index contributed by atoms with van der Waals surface area (Å²) < 4.78 is 5.01. The Morgan fingerprint density at radius 2 is 2.04 bits per heavy atom. The number of allylic oxidation sites excluding steroid dienone is 1. The molecule has 0 unspecified atom stereocenters. The van der Waals surface area contributed by atoms with E-state index in [1.54, 1.807) is 6.92 Å². The number of urea groups is 1. The molecule has 0 aliphatic carbocycles. The summed E-state index contributed by atoms with van der Waals surface area (Å²) in [5.74, 6) is 5.01. The van der Waals surface area contributed by atoms with E-state index < -0.39 is 23.0 Å². The number of nitrogens with one attached hydrogen (secondary N) is 1. The second kappa shape index (κ2) is 6.44. The molecule has 1 aromatic carbocycles. The number of hydrogen-bond acceptors (Lipinski definition) is 6. The number of nitrogens with two attached hydrogens (primary N) is 1. The van der Waals surface area contributed by atoms with Crippen molar-refractivity contribution in [2.75, 3.05) is 6.61 Å². The Bertz CT molecular complexity index is 683. The number of carbonyl (C=O) groups is 2. The third-order valence-electron chi connectivity index (χ3n) is 3.46. The standard InChI is InChI=1S/C14H16N4O5/c1-3-23-13(19)11-8(2)17(15)14(20)16-12(11)9-4-6-10(7-5-9)18(21)22/h4-7,12H,3,15H2,1-2H3,(H,16,20)/t12-/m1/s1. The number of nitrogens with zero attached hydrogens (tertiary/aromatic N) is 2. The van der Waals surface area contributed by atoms with Crippen LogP contribution in [0.2, 0.25) is 0 Å². The summed E-state index contributed by atoms with van der Waals surface area (Å²) in [6.07, 6.45) is 0. The van der Waals surface area contributed by atoms with Gasteiger partial charge in [0.2, 0.25) is 0 Å². The Kier molecular flexibility index (Phi) is 4.60. The van der Waals surface area contributed by atoms with Crippen LogP contribution >= 0.6 is 0 Å². The molecule has 1 heterocycles. The van der Waals surface area contributed by atoms with Crippen molar-refractivity contribution in [3.8, 4) is 0 Å². The smallest absolute Gasteiger partial charge is 0.338 e. The summed E-state index contributed by atoms with van der Waals surface area (Å²) in [5.41, 5.74) is 0.868. The van der Waals surface area contributed by atoms with Crippen molar-refractivity contribution < 1.29 is 19.2 Å². The largest absolute Gasteiger partial charge is 0.463 e. The molecule has 9 nitrogen and oxygen atoms in total. The van der Waals surface area contributed by atoms with Crippen LogP contribution in [0.25, 0.3) is 0 Å². The van der Waals surface area contributed by atoms with E-state index in [2.05, 4.69) is 5.32 Å². The Hall–Kier alpha value is -2.94. The number of rotatable bonds is 4. The van der Waals surface area contributed by atoms with Gasteiger partial charge in [0.05, 0.1) is 23.1 Å². The molecule has 2 amide bonds. The van der Waals surface area contributed by atoms with Crippen molar-refractivity contribution in [1.29, 1.82) is 0 Å². The number of hydrazine groups is 1. The summed E-state index contributed by atoms with van der Waals surface area (Å²) in [5, 5.41) is 14.1. The van der Waals surface area contributed by atoms with Gasteiger partial charge in [-0.2, -0.15) is 0 Å². The molecule has 122 valence electrons. The predicted octanol–water partition coefficient (Wildman–Crippen LogP) is 1.37. The normalized spacial score (nSPS) is 17.8. The van der Waals surface area contributed by atoms with Gasteiger partial charge in [0, 0.05) is 17.8 Å². The van der Waals surface area contributed by atoms with Crippen LogP contribution in [0.4, 0.5) is 10.5 Å². The number of nitro benzene ring substituents is 1. The molecule has 1 atom stereocenters. The van der Waals surface area contributed by atoms with Crippen molar-refractivity contribution in [2.45, 2.75) is 19.9 Å². The van der Waals surface area contributed by atoms with E-state index >= 15 is 0 Å². The van der Waals surface area contributed by atoms with E-state index in [9.17, 15) is 19.7 Å². The Morgan fingerprint density at radius 3 is 2.57 bits per heavy atom. The molecule has 0 saturated heterocycles. The molecule has 1 aliphatic rings. The lowest BCUT2D eigenvalue weighted by molar-refractivity contribution is -0.384. The van der Waals surface area contributed by atoms with E-state index in [1.807, 2.05) is 0 Å². The summed E-state index contributed by atoms with van der Waals surface area (Å²) in [6, 6.07) is 4.17. The number of non-ortho nitro benzene ring substituents is 1. The molecule has 0 saturated carbocycles. The second-order valence-corrected chi connectivity index (χ2v) is 4.82. The molecule has 23 heavy (non-hydrogen) atoms. The van der Waals surface area contributed by atoms with Gasteiger partial charge in [0.1, 0.15) is 0 Å². The molecule has 0 radical (unpaired) electrons. The minimum absolute atomic E-state index is 0.0882. The highest BCUT2D eigenvalue weighted by Gasteiger charge is 2.35. The molecular formula is C14H16N4O5. The van der Waals surface area contributed by atoms with E-state index in [0.717, 1.165) is 5.01 Å². The third-order valence-corrected chi connectivity index (χ3v) is 3.46. The Labute approximate surface area is 131 Å². The fourth-order valence-electron chi connectivity index (χ4n) is 2.27. The van der Waals surface area contributed by atoms with Crippen LogP contribution in [0.5, 0.6) is 0 Å². The van der Waals surface area contributed by atoms with Crippen LogP contribution in [-0.4, -0.2) is 28.5 Å². The summed E-state index contributed by atoms with van der Waals surface area (Å²) >= 11 is 0. The lowest BCUT2D eigenvalue weighted by Gasteiger charge is -2.32. The lowest BCUT2D eigenvalue weighted by Crippen LogP contribution is -2.51. The van der Waals surface area contributed by atoms with Crippen molar-refractivity contribution in [2.24, 2.45) is 5.84 Å². The van der Waals surface area contributed by atoms with E-state index in [0.29, 0.717) is 5.56 Å². The van der Waals surface area contributed by atoms with Crippen molar-refractivity contribution in [3.05, 3.63) is 51.2 Å². The van der Waals surface area contributed by atoms with Crippen molar-refractivity contribution in [3.63, 3.8) is 0 Å². The predicted molar refractivity (Wildman–Crippen MR) is 79.7 cm³/mol. The number of amides is 2. The maximum absolute atomic E-state index is 12.2. The molecule has 3 N–H and O–H groups in total. The van der Waals surface area contributed by atoms with E-state index in [1.165, 1.54) is 31.2 Å². The SMILES string of the molecule is CCOC(=O)C1=C(C)N(N)C(=O)N[C@@H]1c1ccc([N+](=O)[O-])cc1. The average molecular weight is 320 g/mol. The number of esters is 1. The highest BCUT2D eigenvalue weighted by Crippen LogP contribution is 2.30. The average Bonchev–Trinajstić information content (AvgIpc) is 2.52. The van der Waals surface area contributed by atoms with Gasteiger partial charge in [0.15, 0.2) is 0 Å². The first-order chi connectivity index (χ1) is 10.9. The van der Waals surface area contributed by atoms with Gasteiger partial charge in [-0.15, -0.1) is 0 Å². The van der Waals surface area contributed by atoms with Gasteiger partial charge < -0.3 is 10.1 Å². The minimum atomic E-state index is -0.790. The van der Waals surface area contributed by atoms with Gasteiger partial charge in [-0.25, -0.2) is 20.4 Å². The lowest BCUT2D eigenvalue weighted by atomic mass is 9.95. The van der Waals surface area contributed by atoms with Gasteiger partial charge in [-0.3, -0.25) is 10.1 Å². The van der Waals surface area contributed by atoms with Crippen LogP contribution in [0.15, 0.2) is 35.5 Å².